The van der Waals surface area contributed by atoms with Crippen LogP contribution in [0.15, 0.2) is 57.3 Å². The molecular formula is C24H27N3O6S2. The lowest BCUT2D eigenvalue weighted by Crippen LogP contribution is -2.44. The predicted octanol–water partition coefficient (Wildman–Crippen LogP) is 3.96. The van der Waals surface area contributed by atoms with Gasteiger partial charge >= 0.3 is 0 Å². The van der Waals surface area contributed by atoms with Crippen molar-refractivity contribution in [2.75, 3.05) is 16.3 Å². The minimum atomic E-state index is -4.31. The van der Waals surface area contributed by atoms with Crippen LogP contribution >= 0.6 is 0 Å². The number of sulfonamides is 2. The van der Waals surface area contributed by atoms with E-state index in [1.54, 1.807) is 12.1 Å². The molecule has 0 saturated heterocycles. The molecule has 186 valence electrons. The Bertz CT molecular complexity index is 1480. The maximum atomic E-state index is 14.0. The van der Waals surface area contributed by atoms with Crippen LogP contribution in [-0.4, -0.2) is 39.8 Å². The van der Waals surface area contributed by atoms with Gasteiger partial charge in [0.05, 0.1) is 17.4 Å². The van der Waals surface area contributed by atoms with Gasteiger partial charge < -0.3 is 10.4 Å². The van der Waals surface area contributed by atoms with E-state index < -0.39 is 25.5 Å². The van der Waals surface area contributed by atoms with E-state index in [0.717, 1.165) is 17.9 Å². The monoisotopic (exact) mass is 517 g/mol. The Morgan fingerprint density at radius 1 is 1.09 bits per heavy atom. The normalized spacial score (nSPS) is 18.3. The number of fused-ring (bicyclic) bond motifs is 2. The van der Waals surface area contributed by atoms with Crippen LogP contribution in [0, 0.1) is 0 Å². The van der Waals surface area contributed by atoms with Crippen molar-refractivity contribution < 1.29 is 26.7 Å². The fraction of sp³-hybridized carbons (Fsp3) is 0.333. The van der Waals surface area contributed by atoms with Gasteiger partial charge in [-0.3, -0.25) is 9.52 Å². The second kappa shape index (κ2) is 8.80. The van der Waals surface area contributed by atoms with Gasteiger partial charge in [-0.2, -0.15) is 8.42 Å². The first-order valence-electron chi connectivity index (χ1n) is 11.3. The van der Waals surface area contributed by atoms with E-state index >= 15 is 0 Å². The summed E-state index contributed by atoms with van der Waals surface area (Å²) in [5.74, 6) is -0.957. The molecule has 4 rings (SSSR count). The summed E-state index contributed by atoms with van der Waals surface area (Å²) >= 11 is 0. The van der Waals surface area contributed by atoms with E-state index in [0.29, 0.717) is 31.2 Å². The number of hydrogen-bond acceptors (Lipinski definition) is 7. The van der Waals surface area contributed by atoms with Gasteiger partial charge in [0.15, 0.2) is 11.6 Å². The summed E-state index contributed by atoms with van der Waals surface area (Å²) in [6.45, 7) is 3.95. The molecule has 1 aliphatic heterocycles. The quantitative estimate of drug-likeness (QED) is 0.504. The first kappa shape index (κ1) is 24.9. The highest BCUT2D eigenvalue weighted by molar-refractivity contribution is 7.92. The third-order valence-corrected chi connectivity index (χ3v) is 8.14. The number of carbonyl (C=O) groups excluding carboxylic acids is 1. The maximum Gasteiger partial charge on any atom is 0.286 e. The van der Waals surface area contributed by atoms with E-state index in [2.05, 4.69) is 14.4 Å². The minimum absolute atomic E-state index is 0.0601. The van der Waals surface area contributed by atoms with Gasteiger partial charge in [0.2, 0.25) is 10.0 Å². The number of nitrogens with one attached hydrogen (secondary N) is 2. The summed E-state index contributed by atoms with van der Waals surface area (Å²) in [5, 5.41) is 14.0. The number of carbonyl (C=O) groups is 1. The molecule has 2 aromatic rings. The Balaban J connectivity index is 1.89. The molecule has 0 bridgehead atoms. The fourth-order valence-electron chi connectivity index (χ4n) is 4.95. The maximum absolute atomic E-state index is 14.0. The van der Waals surface area contributed by atoms with E-state index in [1.807, 2.05) is 26.0 Å². The van der Waals surface area contributed by atoms with Crippen molar-refractivity contribution in [1.29, 1.82) is 0 Å². The highest BCUT2D eigenvalue weighted by Crippen LogP contribution is 2.46. The molecule has 1 aliphatic carbocycles. The number of benzene rings is 2. The van der Waals surface area contributed by atoms with Crippen molar-refractivity contribution in [1.82, 2.24) is 0 Å². The predicted molar refractivity (Wildman–Crippen MR) is 136 cm³/mol. The largest absolute Gasteiger partial charge is 0.506 e. The van der Waals surface area contributed by atoms with Crippen molar-refractivity contribution in [3.63, 3.8) is 0 Å². The van der Waals surface area contributed by atoms with E-state index in [9.17, 15) is 26.7 Å². The first-order valence-corrected chi connectivity index (χ1v) is 14.6. The zero-order valence-corrected chi connectivity index (χ0v) is 21.3. The number of rotatable bonds is 7. The summed E-state index contributed by atoms with van der Waals surface area (Å²) in [6.07, 6.45) is 3.45. The van der Waals surface area contributed by atoms with Crippen molar-refractivity contribution in [3.05, 3.63) is 59.2 Å². The van der Waals surface area contributed by atoms with Gasteiger partial charge in [-0.05, 0) is 36.6 Å². The number of hydrogen-bond donors (Lipinski definition) is 3. The Morgan fingerprint density at radius 2 is 1.74 bits per heavy atom. The molecule has 0 unspecified atom stereocenters. The van der Waals surface area contributed by atoms with E-state index in [-0.39, 0.29) is 39.2 Å². The number of aliphatic hydroxyl groups excluding tert-OH is 1. The van der Waals surface area contributed by atoms with E-state index in [4.69, 9.17) is 0 Å². The van der Waals surface area contributed by atoms with Crippen molar-refractivity contribution >= 4 is 48.8 Å². The van der Waals surface area contributed by atoms with Crippen LogP contribution in [-0.2, 0) is 30.3 Å². The average molecular weight is 518 g/mol. The molecule has 0 spiro atoms. The Hall–Kier alpha value is -3.18. The standard InChI is InChI=1S/C24H27N3O6S2/c1-4-12-24(13-5-2)17-9-7-6-8-16(17)21(28)20(22(24)29)23-25-18-11-10-15(26-34(3,30)31)14-19(18)35(32,33)27-23/h6-11,14,26,28H,4-5,12-13H2,1-3H3,(H,25,27). The number of amidine groups is 1. The van der Waals surface area contributed by atoms with Crippen molar-refractivity contribution in [2.45, 2.75) is 49.8 Å². The van der Waals surface area contributed by atoms with Crippen LogP contribution in [0.4, 0.5) is 11.4 Å². The number of aliphatic hydroxyl groups is 1. The van der Waals surface area contributed by atoms with E-state index in [1.165, 1.54) is 12.1 Å². The van der Waals surface area contributed by atoms with Crippen LogP contribution < -0.4 is 10.0 Å². The van der Waals surface area contributed by atoms with Crippen LogP contribution in [0.5, 0.6) is 0 Å². The molecule has 3 N–H and O–H groups in total. The summed E-state index contributed by atoms with van der Waals surface area (Å²) in [4.78, 5) is 13.8. The van der Waals surface area contributed by atoms with Gasteiger partial charge in [-0.15, -0.1) is 4.40 Å². The number of ketones is 1. The number of anilines is 2. The van der Waals surface area contributed by atoms with Crippen molar-refractivity contribution in [2.24, 2.45) is 4.40 Å². The zero-order valence-electron chi connectivity index (χ0n) is 19.6. The third kappa shape index (κ3) is 4.34. The van der Waals surface area contributed by atoms with Gasteiger partial charge in [0.1, 0.15) is 16.2 Å². The molecule has 0 atom stereocenters. The van der Waals surface area contributed by atoms with Crippen LogP contribution in [0.3, 0.4) is 0 Å². The topological polar surface area (TPSA) is 142 Å². The molecule has 9 nitrogen and oxygen atoms in total. The van der Waals surface area contributed by atoms with Gasteiger partial charge in [-0.25, -0.2) is 8.42 Å². The van der Waals surface area contributed by atoms with Crippen LogP contribution in [0.25, 0.3) is 5.76 Å². The third-order valence-electron chi connectivity index (χ3n) is 6.21. The van der Waals surface area contributed by atoms with Crippen LogP contribution in [0.2, 0.25) is 0 Å². The molecule has 0 fully saturated rings. The number of Topliss-reactive ketones (excluding diaryl/α,β-unsaturated/α-hetero) is 1. The second-order valence-electron chi connectivity index (χ2n) is 8.81. The molecular weight excluding hydrogens is 490 g/mol. The molecule has 11 heteroatoms. The second-order valence-corrected chi connectivity index (χ2v) is 12.1. The molecule has 1 heterocycles. The Morgan fingerprint density at radius 3 is 2.37 bits per heavy atom. The lowest BCUT2D eigenvalue weighted by Gasteiger charge is -2.39. The minimum Gasteiger partial charge on any atom is -0.506 e. The lowest BCUT2D eigenvalue weighted by atomic mass is 9.63. The summed E-state index contributed by atoms with van der Waals surface area (Å²) in [6, 6.07) is 11.1. The molecule has 0 radical (unpaired) electrons. The molecule has 35 heavy (non-hydrogen) atoms. The smallest absolute Gasteiger partial charge is 0.286 e. The Labute approximate surface area is 205 Å². The van der Waals surface area contributed by atoms with Gasteiger partial charge in [0.25, 0.3) is 10.0 Å². The summed E-state index contributed by atoms with van der Waals surface area (Å²) < 4.78 is 55.4. The Kier molecular flexibility index (Phi) is 6.26. The first-order chi connectivity index (χ1) is 16.4. The summed E-state index contributed by atoms with van der Waals surface area (Å²) in [7, 11) is -7.93. The molecule has 0 amide bonds. The molecule has 2 aliphatic rings. The molecule has 0 saturated carbocycles. The van der Waals surface area contributed by atoms with Crippen LogP contribution in [0.1, 0.15) is 50.7 Å². The summed E-state index contributed by atoms with van der Waals surface area (Å²) in [5.41, 5.74) is 0.301. The SMILES string of the molecule is CCCC1(CCC)C(=O)C(C2=NS(=O)(=O)c3cc(NS(C)(=O)=O)ccc3N2)=C(O)c2ccccc21. The molecule has 0 aromatic heterocycles. The number of nitrogens with zero attached hydrogens (tertiary/aromatic N) is 1. The lowest BCUT2D eigenvalue weighted by molar-refractivity contribution is -0.121. The highest BCUT2D eigenvalue weighted by atomic mass is 32.2. The van der Waals surface area contributed by atoms with Gasteiger partial charge in [-0.1, -0.05) is 51.0 Å². The molecule has 2 aromatic carbocycles. The zero-order chi connectivity index (χ0) is 25.6. The van der Waals surface area contributed by atoms with Gasteiger partial charge in [0, 0.05) is 11.3 Å². The van der Waals surface area contributed by atoms with Crippen molar-refractivity contribution in [3.8, 4) is 0 Å². The highest BCUT2D eigenvalue weighted by Gasteiger charge is 2.48. The fourth-order valence-corrected chi connectivity index (χ4v) is 6.65. The average Bonchev–Trinajstić information content (AvgIpc) is 2.77.